The van der Waals surface area contributed by atoms with Crippen molar-refractivity contribution in [3.8, 4) is 11.1 Å². The van der Waals surface area contributed by atoms with E-state index in [9.17, 15) is 35.2 Å². The summed E-state index contributed by atoms with van der Waals surface area (Å²) in [6.07, 6.45) is 0.187. The molecule has 0 aliphatic heterocycles. The highest BCUT2D eigenvalue weighted by molar-refractivity contribution is 7.90. The van der Waals surface area contributed by atoms with Crippen LogP contribution in [0.2, 0.25) is 5.02 Å². The third-order valence-electron chi connectivity index (χ3n) is 3.42. The predicted octanol–water partition coefficient (Wildman–Crippen LogP) is 4.31. The lowest BCUT2D eigenvalue weighted by Crippen LogP contribution is -2.30. The molecular formula is C16H11ClF5NO3S. The summed E-state index contributed by atoms with van der Waals surface area (Å²) in [7, 11) is -4.61. The van der Waals surface area contributed by atoms with Gasteiger partial charge in [0.25, 0.3) is 10.0 Å². The Labute approximate surface area is 156 Å². The molecule has 0 unspecified atom stereocenters. The fourth-order valence-corrected chi connectivity index (χ4v) is 3.78. The average Bonchev–Trinajstić information content (AvgIpc) is 2.54. The molecule has 11 heteroatoms. The summed E-state index contributed by atoms with van der Waals surface area (Å²) in [4.78, 5) is 10.7. The maximum absolute atomic E-state index is 14.2. The molecule has 1 N–H and O–H groups in total. The van der Waals surface area contributed by atoms with Gasteiger partial charge in [-0.05, 0) is 18.6 Å². The van der Waals surface area contributed by atoms with E-state index < -0.39 is 66.1 Å². The Morgan fingerprint density at radius 3 is 2.22 bits per heavy atom. The Bertz CT molecular complexity index is 1030. The second-order valence-corrected chi connectivity index (χ2v) is 7.44. The predicted molar refractivity (Wildman–Crippen MR) is 86.9 cm³/mol. The molecule has 0 spiro atoms. The molecule has 0 radical (unpaired) electrons. The van der Waals surface area contributed by atoms with Crippen LogP contribution in [0, 0.1) is 29.1 Å². The van der Waals surface area contributed by atoms with Crippen LogP contribution < -0.4 is 4.72 Å². The molecule has 0 heterocycles. The number of hydrogen-bond donors (Lipinski definition) is 1. The lowest BCUT2D eigenvalue weighted by Gasteiger charge is -2.13. The van der Waals surface area contributed by atoms with Gasteiger partial charge in [-0.1, -0.05) is 18.5 Å². The maximum atomic E-state index is 14.2. The molecule has 0 aliphatic rings. The summed E-state index contributed by atoms with van der Waals surface area (Å²) in [5.41, 5.74) is -2.34. The highest BCUT2D eigenvalue weighted by Crippen LogP contribution is 2.35. The van der Waals surface area contributed by atoms with Gasteiger partial charge in [-0.2, -0.15) is 0 Å². The van der Waals surface area contributed by atoms with E-state index in [0.717, 1.165) is 0 Å². The van der Waals surface area contributed by atoms with Crippen LogP contribution in [0.5, 0.6) is 0 Å². The summed E-state index contributed by atoms with van der Waals surface area (Å²) in [5, 5.41) is -0.684. The van der Waals surface area contributed by atoms with Crippen molar-refractivity contribution in [1.29, 1.82) is 0 Å². The van der Waals surface area contributed by atoms with Crippen LogP contribution in [0.15, 0.2) is 23.1 Å². The molecular weight excluding hydrogens is 417 g/mol. The molecule has 27 heavy (non-hydrogen) atoms. The fourth-order valence-electron chi connectivity index (χ4n) is 2.22. The summed E-state index contributed by atoms with van der Waals surface area (Å²) < 4.78 is 94.7. The first-order valence-electron chi connectivity index (χ1n) is 7.37. The zero-order chi connectivity index (χ0) is 20.5. The minimum atomic E-state index is -4.61. The van der Waals surface area contributed by atoms with Crippen LogP contribution in [0.1, 0.15) is 19.8 Å². The van der Waals surface area contributed by atoms with Gasteiger partial charge in [-0.15, -0.1) is 0 Å². The Morgan fingerprint density at radius 2 is 1.63 bits per heavy atom. The molecule has 0 atom stereocenters. The van der Waals surface area contributed by atoms with Gasteiger partial charge in [-0.3, -0.25) is 4.79 Å². The number of sulfonamides is 1. The molecule has 0 saturated carbocycles. The zero-order valence-corrected chi connectivity index (χ0v) is 15.1. The zero-order valence-electron chi connectivity index (χ0n) is 13.5. The van der Waals surface area contributed by atoms with Gasteiger partial charge in [0.05, 0.1) is 10.6 Å². The standard InChI is InChI=1S/C16H11ClF5NO3S/c1-2-3-13(24)23-27(25,26)12-4-7(9(18)5-8(12)17)14-10(19)6-11(20)15(21)16(14)22/h4-6H,2-3H2,1H3,(H,23,24). The first-order chi connectivity index (χ1) is 12.5. The number of rotatable bonds is 5. The second-order valence-electron chi connectivity index (χ2n) is 5.38. The van der Waals surface area contributed by atoms with Gasteiger partial charge in [0.2, 0.25) is 5.91 Å². The first kappa shape index (κ1) is 21.1. The van der Waals surface area contributed by atoms with Crippen LogP contribution in [-0.4, -0.2) is 14.3 Å². The largest absolute Gasteiger partial charge is 0.274 e. The van der Waals surface area contributed by atoms with Crippen molar-refractivity contribution >= 4 is 27.5 Å². The van der Waals surface area contributed by atoms with Crippen molar-refractivity contribution in [2.75, 3.05) is 0 Å². The molecule has 2 aromatic rings. The minimum absolute atomic E-state index is 0.0149. The third-order valence-corrected chi connectivity index (χ3v) is 5.26. The second kappa shape index (κ2) is 7.81. The van der Waals surface area contributed by atoms with E-state index in [-0.39, 0.29) is 12.5 Å². The molecule has 146 valence electrons. The van der Waals surface area contributed by atoms with E-state index in [1.807, 2.05) is 0 Å². The van der Waals surface area contributed by atoms with Gasteiger partial charge in [0.1, 0.15) is 16.5 Å². The van der Waals surface area contributed by atoms with E-state index in [4.69, 9.17) is 11.6 Å². The Kier molecular flexibility index (Phi) is 6.10. The van der Waals surface area contributed by atoms with Gasteiger partial charge in [0.15, 0.2) is 17.5 Å². The van der Waals surface area contributed by atoms with Gasteiger partial charge in [0, 0.05) is 18.1 Å². The average molecular weight is 428 g/mol. The van der Waals surface area contributed by atoms with Crippen molar-refractivity contribution in [3.63, 3.8) is 0 Å². The van der Waals surface area contributed by atoms with E-state index in [2.05, 4.69) is 0 Å². The SMILES string of the molecule is CCCC(=O)NS(=O)(=O)c1cc(-c2c(F)cc(F)c(F)c2F)c(F)cc1Cl. The minimum Gasteiger partial charge on any atom is -0.274 e. The van der Waals surface area contributed by atoms with Crippen molar-refractivity contribution in [2.45, 2.75) is 24.7 Å². The molecule has 0 aliphatic carbocycles. The molecule has 2 rings (SSSR count). The van der Waals surface area contributed by atoms with Crippen molar-refractivity contribution in [2.24, 2.45) is 0 Å². The number of hydrogen-bond acceptors (Lipinski definition) is 3. The number of carbonyl (C=O) groups is 1. The monoisotopic (exact) mass is 427 g/mol. The Balaban J connectivity index is 2.69. The van der Waals surface area contributed by atoms with Crippen LogP contribution in [0.25, 0.3) is 11.1 Å². The normalized spacial score (nSPS) is 11.5. The lowest BCUT2D eigenvalue weighted by molar-refractivity contribution is -0.119. The highest BCUT2D eigenvalue weighted by Gasteiger charge is 2.27. The number of nitrogens with one attached hydrogen (secondary N) is 1. The quantitative estimate of drug-likeness (QED) is 0.439. The Hall–Kier alpha value is -2.20. The number of benzene rings is 2. The van der Waals surface area contributed by atoms with Crippen LogP contribution >= 0.6 is 11.6 Å². The van der Waals surface area contributed by atoms with Crippen LogP contribution in [0.3, 0.4) is 0 Å². The number of amides is 1. The summed E-state index contributed by atoms with van der Waals surface area (Å²) in [5.74, 6) is -9.89. The molecule has 2 aromatic carbocycles. The fraction of sp³-hybridized carbons (Fsp3) is 0.188. The number of carbonyl (C=O) groups excluding carboxylic acids is 1. The molecule has 0 fully saturated rings. The van der Waals surface area contributed by atoms with E-state index in [0.29, 0.717) is 18.6 Å². The molecule has 1 amide bonds. The summed E-state index contributed by atoms with van der Waals surface area (Å²) >= 11 is 5.68. The van der Waals surface area contributed by atoms with E-state index in [1.165, 1.54) is 0 Å². The molecule has 0 saturated heterocycles. The van der Waals surface area contributed by atoms with Crippen molar-refractivity contribution < 1.29 is 35.2 Å². The van der Waals surface area contributed by atoms with Crippen LogP contribution in [-0.2, 0) is 14.8 Å². The summed E-state index contributed by atoms with van der Waals surface area (Å²) in [6.45, 7) is 1.61. The summed E-state index contributed by atoms with van der Waals surface area (Å²) in [6, 6.07) is 0.840. The Morgan fingerprint density at radius 1 is 1.00 bits per heavy atom. The van der Waals surface area contributed by atoms with Crippen LogP contribution in [0.4, 0.5) is 22.0 Å². The number of halogens is 6. The molecule has 0 bridgehead atoms. The third kappa shape index (κ3) is 4.22. The van der Waals surface area contributed by atoms with Crippen molar-refractivity contribution in [3.05, 3.63) is 52.3 Å². The van der Waals surface area contributed by atoms with Crippen molar-refractivity contribution in [1.82, 2.24) is 4.72 Å². The van der Waals surface area contributed by atoms with Gasteiger partial charge < -0.3 is 0 Å². The van der Waals surface area contributed by atoms with Gasteiger partial charge in [-0.25, -0.2) is 35.1 Å². The maximum Gasteiger partial charge on any atom is 0.265 e. The smallest absolute Gasteiger partial charge is 0.265 e. The van der Waals surface area contributed by atoms with E-state index >= 15 is 0 Å². The lowest BCUT2D eigenvalue weighted by atomic mass is 10.0. The topological polar surface area (TPSA) is 63.2 Å². The molecule has 0 aromatic heterocycles. The van der Waals surface area contributed by atoms with E-state index in [1.54, 1.807) is 11.6 Å². The molecule has 4 nitrogen and oxygen atoms in total. The highest BCUT2D eigenvalue weighted by atomic mass is 35.5. The first-order valence-corrected chi connectivity index (χ1v) is 9.23. The van der Waals surface area contributed by atoms with Gasteiger partial charge >= 0.3 is 0 Å².